The van der Waals surface area contributed by atoms with Crippen molar-refractivity contribution in [3.63, 3.8) is 0 Å². The van der Waals surface area contributed by atoms with Crippen LogP contribution in [0.2, 0.25) is 5.02 Å². The zero-order valence-corrected chi connectivity index (χ0v) is 15.6. The number of methoxy groups -OCH3 is 1. The molecule has 0 aliphatic heterocycles. The highest BCUT2D eigenvalue weighted by Crippen LogP contribution is 2.23. The van der Waals surface area contributed by atoms with Crippen LogP contribution in [0, 0.1) is 5.82 Å². The minimum absolute atomic E-state index is 0.155. The van der Waals surface area contributed by atoms with Crippen molar-refractivity contribution in [1.82, 2.24) is 10.6 Å². The Morgan fingerprint density at radius 1 is 1.11 bits per heavy atom. The predicted octanol–water partition coefficient (Wildman–Crippen LogP) is 2.98. The van der Waals surface area contributed by atoms with E-state index < -0.39 is 0 Å². The number of carbonyl (C=O) groups excluding carboxylic acids is 2. The molecule has 142 valence electrons. The Hall–Kier alpha value is -2.86. The summed E-state index contributed by atoms with van der Waals surface area (Å²) in [5.41, 5.74) is 1.41. The van der Waals surface area contributed by atoms with E-state index in [9.17, 15) is 14.0 Å². The van der Waals surface area contributed by atoms with Crippen LogP contribution in [0.5, 0.6) is 5.75 Å². The van der Waals surface area contributed by atoms with Gasteiger partial charge in [-0.3, -0.25) is 9.59 Å². The molecule has 27 heavy (non-hydrogen) atoms. The predicted molar refractivity (Wildman–Crippen MR) is 103 cm³/mol. The third-order valence-electron chi connectivity index (χ3n) is 3.63. The molecule has 0 unspecified atom stereocenters. The summed E-state index contributed by atoms with van der Waals surface area (Å²) in [6, 6.07) is 10.9. The zero-order chi connectivity index (χ0) is 19.6. The Morgan fingerprint density at radius 3 is 2.52 bits per heavy atom. The third-order valence-corrected chi connectivity index (χ3v) is 3.87. The molecular formula is C20H20ClFN2O3. The molecule has 0 saturated carbocycles. The molecule has 2 aromatic carbocycles. The molecular weight excluding hydrogens is 371 g/mol. The maximum Gasteiger partial charge on any atom is 0.244 e. The summed E-state index contributed by atoms with van der Waals surface area (Å²) in [6.45, 7) is 0.575. The summed E-state index contributed by atoms with van der Waals surface area (Å²) in [5.74, 6) is -0.235. The van der Waals surface area contributed by atoms with E-state index in [2.05, 4.69) is 10.6 Å². The Bertz CT molecular complexity index is 822. The summed E-state index contributed by atoms with van der Waals surface area (Å²) >= 11 is 5.94. The molecule has 2 N–H and O–H groups in total. The van der Waals surface area contributed by atoms with Gasteiger partial charge in [-0.25, -0.2) is 4.39 Å². The average molecular weight is 391 g/mol. The molecule has 0 radical (unpaired) electrons. The number of ether oxygens (including phenoxy) is 1. The van der Waals surface area contributed by atoms with E-state index in [1.54, 1.807) is 36.4 Å². The highest BCUT2D eigenvalue weighted by atomic mass is 35.5. The lowest BCUT2D eigenvalue weighted by Crippen LogP contribution is -2.34. The SMILES string of the molecule is COc1ccc(Cl)cc1/C=C/C(=O)NCCNC(=O)Cc1ccc(F)cc1. The average Bonchev–Trinajstić information content (AvgIpc) is 2.65. The third kappa shape index (κ3) is 7.11. The van der Waals surface area contributed by atoms with Crippen LogP contribution in [0.15, 0.2) is 48.5 Å². The molecule has 2 rings (SSSR count). The summed E-state index contributed by atoms with van der Waals surface area (Å²) < 4.78 is 18.0. The maximum atomic E-state index is 12.8. The van der Waals surface area contributed by atoms with Crippen LogP contribution in [-0.2, 0) is 16.0 Å². The Labute approximate surface area is 162 Å². The molecule has 7 heteroatoms. The molecule has 0 heterocycles. The van der Waals surface area contributed by atoms with Gasteiger partial charge >= 0.3 is 0 Å². The number of halogens is 2. The summed E-state index contributed by atoms with van der Waals surface area (Å²) in [5, 5.41) is 5.90. The van der Waals surface area contributed by atoms with Gasteiger partial charge in [0.15, 0.2) is 0 Å². The van der Waals surface area contributed by atoms with Gasteiger partial charge in [-0.15, -0.1) is 0 Å². The minimum Gasteiger partial charge on any atom is -0.496 e. The number of hydrogen-bond donors (Lipinski definition) is 2. The Balaban J connectivity index is 1.72. The lowest BCUT2D eigenvalue weighted by molar-refractivity contribution is -0.121. The maximum absolute atomic E-state index is 12.8. The van der Waals surface area contributed by atoms with E-state index in [-0.39, 0.29) is 30.6 Å². The first-order valence-corrected chi connectivity index (χ1v) is 8.66. The number of carbonyl (C=O) groups is 2. The molecule has 0 bridgehead atoms. The number of amides is 2. The second kappa shape index (κ2) is 10.3. The van der Waals surface area contributed by atoms with Crippen LogP contribution in [0.3, 0.4) is 0 Å². The largest absolute Gasteiger partial charge is 0.496 e. The van der Waals surface area contributed by atoms with Gasteiger partial charge in [0.1, 0.15) is 11.6 Å². The fourth-order valence-corrected chi connectivity index (χ4v) is 2.48. The summed E-state index contributed by atoms with van der Waals surface area (Å²) in [4.78, 5) is 23.6. The van der Waals surface area contributed by atoms with Crippen molar-refractivity contribution in [3.05, 3.63) is 70.5 Å². The molecule has 0 saturated heterocycles. The molecule has 0 aliphatic carbocycles. The van der Waals surface area contributed by atoms with Crippen molar-refractivity contribution < 1.29 is 18.7 Å². The van der Waals surface area contributed by atoms with Gasteiger partial charge in [0.2, 0.25) is 11.8 Å². The van der Waals surface area contributed by atoms with Gasteiger partial charge in [0, 0.05) is 29.8 Å². The van der Waals surface area contributed by atoms with E-state index in [0.717, 1.165) is 5.56 Å². The fourth-order valence-electron chi connectivity index (χ4n) is 2.30. The summed E-state index contributed by atoms with van der Waals surface area (Å²) in [6.07, 6.45) is 3.13. The topological polar surface area (TPSA) is 67.4 Å². The van der Waals surface area contributed by atoms with Crippen LogP contribution in [0.4, 0.5) is 4.39 Å². The van der Waals surface area contributed by atoms with Crippen LogP contribution < -0.4 is 15.4 Å². The van der Waals surface area contributed by atoms with Crippen molar-refractivity contribution in [3.8, 4) is 5.75 Å². The molecule has 2 amide bonds. The van der Waals surface area contributed by atoms with E-state index in [0.29, 0.717) is 22.9 Å². The standard InChI is InChI=1S/C20H20ClFN2O3/c1-27-18-8-5-16(21)13-15(18)4-9-19(25)23-10-11-24-20(26)12-14-2-6-17(22)7-3-14/h2-9,13H,10-12H2,1H3,(H,23,25)(H,24,26)/b9-4+. The second-order valence-electron chi connectivity index (χ2n) is 5.66. The second-order valence-corrected chi connectivity index (χ2v) is 6.10. The lowest BCUT2D eigenvalue weighted by atomic mass is 10.1. The van der Waals surface area contributed by atoms with E-state index in [1.807, 2.05) is 0 Å². The van der Waals surface area contributed by atoms with Gasteiger partial charge in [-0.05, 0) is 42.0 Å². The van der Waals surface area contributed by atoms with Crippen molar-refractivity contribution in [2.75, 3.05) is 20.2 Å². The smallest absolute Gasteiger partial charge is 0.244 e. The van der Waals surface area contributed by atoms with Gasteiger partial charge in [0.05, 0.1) is 13.5 Å². The quantitative estimate of drug-likeness (QED) is 0.538. The van der Waals surface area contributed by atoms with Crippen molar-refractivity contribution in [1.29, 1.82) is 0 Å². The molecule has 2 aromatic rings. The van der Waals surface area contributed by atoms with Crippen LogP contribution in [0.1, 0.15) is 11.1 Å². The molecule has 0 aliphatic rings. The first kappa shape index (κ1) is 20.5. The normalized spacial score (nSPS) is 10.6. The van der Waals surface area contributed by atoms with Crippen LogP contribution in [-0.4, -0.2) is 32.0 Å². The molecule has 0 atom stereocenters. The molecule has 5 nitrogen and oxygen atoms in total. The molecule has 0 fully saturated rings. The zero-order valence-electron chi connectivity index (χ0n) is 14.8. The van der Waals surface area contributed by atoms with E-state index >= 15 is 0 Å². The fraction of sp³-hybridized carbons (Fsp3) is 0.200. The first-order valence-electron chi connectivity index (χ1n) is 8.28. The molecule has 0 aromatic heterocycles. The first-order chi connectivity index (χ1) is 13.0. The van der Waals surface area contributed by atoms with Crippen LogP contribution in [0.25, 0.3) is 6.08 Å². The van der Waals surface area contributed by atoms with E-state index in [1.165, 1.54) is 25.3 Å². The number of rotatable bonds is 8. The van der Waals surface area contributed by atoms with Gasteiger partial charge < -0.3 is 15.4 Å². The number of hydrogen-bond acceptors (Lipinski definition) is 3. The minimum atomic E-state index is -0.342. The van der Waals surface area contributed by atoms with Crippen molar-refractivity contribution >= 4 is 29.5 Å². The highest BCUT2D eigenvalue weighted by molar-refractivity contribution is 6.30. The lowest BCUT2D eigenvalue weighted by Gasteiger charge is -2.07. The van der Waals surface area contributed by atoms with E-state index in [4.69, 9.17) is 16.3 Å². The summed E-state index contributed by atoms with van der Waals surface area (Å²) in [7, 11) is 1.54. The van der Waals surface area contributed by atoms with Crippen LogP contribution >= 0.6 is 11.6 Å². The number of benzene rings is 2. The Morgan fingerprint density at radius 2 is 1.81 bits per heavy atom. The van der Waals surface area contributed by atoms with Gasteiger partial charge in [-0.1, -0.05) is 23.7 Å². The van der Waals surface area contributed by atoms with Gasteiger partial charge in [-0.2, -0.15) is 0 Å². The van der Waals surface area contributed by atoms with Crippen molar-refractivity contribution in [2.45, 2.75) is 6.42 Å². The Kier molecular flexibility index (Phi) is 7.82. The van der Waals surface area contributed by atoms with Crippen molar-refractivity contribution in [2.24, 2.45) is 0 Å². The molecule has 0 spiro atoms. The monoisotopic (exact) mass is 390 g/mol. The van der Waals surface area contributed by atoms with Gasteiger partial charge in [0.25, 0.3) is 0 Å². The highest BCUT2D eigenvalue weighted by Gasteiger charge is 2.04. The number of nitrogens with one attached hydrogen (secondary N) is 2.